The van der Waals surface area contributed by atoms with Gasteiger partial charge in [-0.25, -0.2) is 4.79 Å². The third-order valence-corrected chi connectivity index (χ3v) is 4.38. The first-order valence-electron chi connectivity index (χ1n) is 9.66. The van der Waals surface area contributed by atoms with Gasteiger partial charge in [0.15, 0.2) is 0 Å². The number of ether oxygens (including phenoxy) is 1. The fourth-order valence-corrected chi connectivity index (χ4v) is 2.69. The van der Waals surface area contributed by atoms with Gasteiger partial charge in [-0.3, -0.25) is 9.59 Å². The largest absolute Gasteiger partial charge is 0.465 e. The number of hydrogen-bond acceptors (Lipinski definition) is 5. The van der Waals surface area contributed by atoms with Crippen LogP contribution in [0, 0.1) is 0 Å². The van der Waals surface area contributed by atoms with E-state index in [4.69, 9.17) is 5.73 Å². The number of esters is 1. The number of nitrogens with one attached hydrogen (secondary N) is 2. The summed E-state index contributed by atoms with van der Waals surface area (Å²) in [5.41, 5.74) is 7.72. The van der Waals surface area contributed by atoms with Crippen molar-refractivity contribution < 1.29 is 19.1 Å². The molecule has 7 heteroatoms. The molecule has 158 valence electrons. The topological polar surface area (TPSA) is 111 Å². The molecule has 0 aliphatic rings. The van der Waals surface area contributed by atoms with Crippen LogP contribution in [0.25, 0.3) is 0 Å². The Balaban J connectivity index is 1.98. The number of aryl methyl sites for hydroxylation is 1. The Morgan fingerprint density at radius 3 is 2.33 bits per heavy atom. The Bertz CT molecular complexity index is 877. The summed E-state index contributed by atoms with van der Waals surface area (Å²) in [4.78, 5) is 35.7. The summed E-state index contributed by atoms with van der Waals surface area (Å²) in [6, 6.07) is 15.3. The standard InChI is InChI=1S/C23H27N3O4/c1-16(24)22(28)26-20(11-8-17-6-4-3-5-7-17)14-15-21(27)25-19-12-9-18(10-13-19)23(29)30-2/h3-7,9-10,12-16,20H,8,11,24H2,1-2H3,(H,25,27)(H,26,28)/b15-14+/t16-,20-/m0/s1. The van der Waals surface area contributed by atoms with Crippen molar-refractivity contribution in [3.8, 4) is 0 Å². The highest BCUT2D eigenvalue weighted by Gasteiger charge is 2.13. The Morgan fingerprint density at radius 1 is 1.07 bits per heavy atom. The van der Waals surface area contributed by atoms with Crippen molar-refractivity contribution in [1.82, 2.24) is 5.32 Å². The van der Waals surface area contributed by atoms with Gasteiger partial charge in [0.25, 0.3) is 0 Å². The second-order valence-corrected chi connectivity index (χ2v) is 6.85. The second kappa shape index (κ2) is 11.5. The Labute approximate surface area is 176 Å². The molecule has 0 aliphatic heterocycles. The average Bonchev–Trinajstić information content (AvgIpc) is 2.76. The molecule has 0 spiro atoms. The van der Waals surface area contributed by atoms with Crippen molar-refractivity contribution in [2.24, 2.45) is 5.73 Å². The maximum absolute atomic E-state index is 12.3. The van der Waals surface area contributed by atoms with Crippen LogP contribution in [-0.2, 0) is 20.7 Å². The van der Waals surface area contributed by atoms with Crippen molar-refractivity contribution in [3.05, 3.63) is 77.9 Å². The van der Waals surface area contributed by atoms with Crippen LogP contribution in [0.3, 0.4) is 0 Å². The van der Waals surface area contributed by atoms with Crippen LogP contribution in [0.4, 0.5) is 5.69 Å². The van der Waals surface area contributed by atoms with E-state index in [0.717, 1.165) is 12.0 Å². The molecule has 0 saturated carbocycles. The minimum absolute atomic E-state index is 0.281. The lowest BCUT2D eigenvalue weighted by Crippen LogP contribution is -2.43. The van der Waals surface area contributed by atoms with Crippen LogP contribution in [0.15, 0.2) is 66.7 Å². The fourth-order valence-electron chi connectivity index (χ4n) is 2.69. The summed E-state index contributed by atoms with van der Waals surface area (Å²) in [6.45, 7) is 1.61. The van der Waals surface area contributed by atoms with Gasteiger partial charge in [-0.2, -0.15) is 0 Å². The van der Waals surface area contributed by atoms with Crippen LogP contribution in [-0.4, -0.2) is 37.0 Å². The number of amides is 2. The Morgan fingerprint density at radius 2 is 1.73 bits per heavy atom. The van der Waals surface area contributed by atoms with E-state index in [1.807, 2.05) is 30.3 Å². The third kappa shape index (κ3) is 7.52. The Hall–Kier alpha value is -3.45. The monoisotopic (exact) mass is 409 g/mol. The minimum Gasteiger partial charge on any atom is -0.465 e. The first-order chi connectivity index (χ1) is 14.4. The zero-order valence-corrected chi connectivity index (χ0v) is 17.1. The van der Waals surface area contributed by atoms with E-state index in [2.05, 4.69) is 15.4 Å². The zero-order valence-electron chi connectivity index (χ0n) is 17.1. The summed E-state index contributed by atoms with van der Waals surface area (Å²) in [5, 5.41) is 5.57. The molecule has 30 heavy (non-hydrogen) atoms. The van der Waals surface area contributed by atoms with E-state index in [1.165, 1.54) is 13.2 Å². The molecule has 0 aromatic heterocycles. The van der Waals surface area contributed by atoms with E-state index in [9.17, 15) is 14.4 Å². The van der Waals surface area contributed by atoms with Gasteiger partial charge in [-0.1, -0.05) is 36.4 Å². The number of nitrogens with two attached hydrogens (primary N) is 1. The van der Waals surface area contributed by atoms with E-state index in [-0.39, 0.29) is 17.9 Å². The lowest BCUT2D eigenvalue weighted by atomic mass is 10.0. The molecule has 2 aromatic carbocycles. The van der Waals surface area contributed by atoms with Gasteiger partial charge in [-0.15, -0.1) is 0 Å². The highest BCUT2D eigenvalue weighted by molar-refractivity contribution is 5.99. The molecule has 2 amide bonds. The minimum atomic E-state index is -0.639. The van der Waals surface area contributed by atoms with Crippen molar-refractivity contribution in [3.63, 3.8) is 0 Å². The molecule has 0 aliphatic carbocycles. The third-order valence-electron chi connectivity index (χ3n) is 4.38. The van der Waals surface area contributed by atoms with Gasteiger partial charge < -0.3 is 21.1 Å². The number of rotatable bonds is 9. The predicted molar refractivity (Wildman–Crippen MR) is 116 cm³/mol. The molecule has 0 bridgehead atoms. The Kier molecular flexibility index (Phi) is 8.77. The van der Waals surface area contributed by atoms with E-state index in [0.29, 0.717) is 17.7 Å². The summed E-state index contributed by atoms with van der Waals surface area (Å²) in [6.07, 6.45) is 4.40. The first kappa shape index (κ1) is 22.8. The van der Waals surface area contributed by atoms with E-state index in [1.54, 1.807) is 37.3 Å². The van der Waals surface area contributed by atoms with Gasteiger partial charge in [-0.05, 0) is 49.6 Å². The summed E-state index contributed by atoms with van der Waals surface area (Å²) >= 11 is 0. The summed E-state index contributed by atoms with van der Waals surface area (Å²) in [5.74, 6) is -1.07. The fraction of sp³-hybridized carbons (Fsp3) is 0.261. The van der Waals surface area contributed by atoms with Crippen molar-refractivity contribution >= 4 is 23.5 Å². The molecule has 4 N–H and O–H groups in total. The van der Waals surface area contributed by atoms with Crippen molar-refractivity contribution in [1.29, 1.82) is 0 Å². The molecular weight excluding hydrogens is 382 g/mol. The molecular formula is C23H27N3O4. The van der Waals surface area contributed by atoms with E-state index < -0.39 is 12.0 Å². The van der Waals surface area contributed by atoms with Gasteiger partial charge in [0.2, 0.25) is 11.8 Å². The van der Waals surface area contributed by atoms with Crippen LogP contribution in [0.1, 0.15) is 29.3 Å². The summed E-state index contributed by atoms with van der Waals surface area (Å²) < 4.78 is 4.64. The highest BCUT2D eigenvalue weighted by atomic mass is 16.5. The lowest BCUT2D eigenvalue weighted by Gasteiger charge is -2.17. The molecule has 7 nitrogen and oxygen atoms in total. The number of carbonyl (C=O) groups excluding carboxylic acids is 3. The molecule has 2 aromatic rings. The predicted octanol–water partition coefficient (Wildman–Crippen LogP) is 2.43. The SMILES string of the molecule is COC(=O)c1ccc(NC(=O)/C=C/[C@H](CCc2ccccc2)NC(=O)[C@H](C)N)cc1. The molecule has 2 atom stereocenters. The van der Waals surface area contributed by atoms with Gasteiger partial charge >= 0.3 is 5.97 Å². The highest BCUT2D eigenvalue weighted by Crippen LogP contribution is 2.11. The lowest BCUT2D eigenvalue weighted by molar-refractivity contribution is -0.122. The number of benzene rings is 2. The maximum Gasteiger partial charge on any atom is 0.337 e. The second-order valence-electron chi connectivity index (χ2n) is 6.85. The van der Waals surface area contributed by atoms with Gasteiger partial charge in [0.05, 0.1) is 18.7 Å². The molecule has 0 radical (unpaired) electrons. The van der Waals surface area contributed by atoms with E-state index >= 15 is 0 Å². The smallest absolute Gasteiger partial charge is 0.337 e. The summed E-state index contributed by atoms with van der Waals surface area (Å²) in [7, 11) is 1.31. The average molecular weight is 409 g/mol. The number of methoxy groups -OCH3 is 1. The zero-order chi connectivity index (χ0) is 21.9. The maximum atomic E-state index is 12.3. The molecule has 0 heterocycles. The van der Waals surface area contributed by atoms with Crippen LogP contribution >= 0.6 is 0 Å². The number of hydrogen-bond donors (Lipinski definition) is 3. The van der Waals surface area contributed by atoms with Crippen LogP contribution in [0.5, 0.6) is 0 Å². The van der Waals surface area contributed by atoms with Gasteiger partial charge in [0, 0.05) is 17.8 Å². The number of anilines is 1. The quantitative estimate of drug-likeness (QED) is 0.435. The molecule has 2 rings (SSSR count). The normalized spacial score (nSPS) is 12.8. The van der Waals surface area contributed by atoms with Crippen molar-refractivity contribution in [2.45, 2.75) is 31.8 Å². The number of carbonyl (C=O) groups is 3. The molecule has 0 unspecified atom stereocenters. The van der Waals surface area contributed by atoms with Crippen LogP contribution in [0.2, 0.25) is 0 Å². The van der Waals surface area contributed by atoms with Crippen molar-refractivity contribution in [2.75, 3.05) is 12.4 Å². The first-order valence-corrected chi connectivity index (χ1v) is 9.66. The molecule has 0 saturated heterocycles. The van der Waals surface area contributed by atoms with Crippen LogP contribution < -0.4 is 16.4 Å². The van der Waals surface area contributed by atoms with Gasteiger partial charge in [0.1, 0.15) is 0 Å². The molecule has 0 fully saturated rings.